The zero-order valence-corrected chi connectivity index (χ0v) is 12.7. The molecule has 0 bridgehead atoms. The monoisotopic (exact) mass is 273 g/mol. The van der Waals surface area contributed by atoms with Crippen LogP contribution in [0.1, 0.15) is 39.2 Å². The number of anilines is 1. The molecule has 0 fully saturated rings. The molecule has 108 valence electrons. The highest BCUT2D eigenvalue weighted by Crippen LogP contribution is 2.23. The first-order valence-corrected chi connectivity index (χ1v) is 6.76. The lowest BCUT2D eigenvalue weighted by atomic mass is 9.87. The molecule has 1 rings (SSSR count). The van der Waals surface area contributed by atoms with Crippen molar-refractivity contribution in [2.45, 2.75) is 39.7 Å². The van der Waals surface area contributed by atoms with Gasteiger partial charge < -0.3 is 10.6 Å². The smallest absolute Gasteiger partial charge is 0.228 e. The third-order valence-corrected chi connectivity index (χ3v) is 3.07. The van der Waals surface area contributed by atoms with Gasteiger partial charge in [-0.25, -0.2) is 0 Å². The second-order valence-corrected chi connectivity index (χ2v) is 6.31. The Balaban J connectivity index is 2.75. The Kier molecular flexibility index (Phi) is 5.29. The van der Waals surface area contributed by atoms with Crippen LogP contribution in [-0.2, 0) is 4.79 Å². The van der Waals surface area contributed by atoms with Crippen LogP contribution < -0.4 is 10.6 Å². The second kappa shape index (κ2) is 6.53. The van der Waals surface area contributed by atoms with Crippen LogP contribution in [-0.4, -0.2) is 19.0 Å². The van der Waals surface area contributed by atoms with Gasteiger partial charge in [0.25, 0.3) is 0 Å². The molecule has 0 aliphatic carbocycles. The molecule has 0 spiro atoms. The molecule has 1 unspecified atom stereocenters. The van der Waals surface area contributed by atoms with E-state index in [1.807, 2.05) is 6.07 Å². The number of hydrogen-bond donors (Lipinski definition) is 1. The Bertz CT molecular complexity index is 511. The highest BCUT2D eigenvalue weighted by molar-refractivity contribution is 5.94. The molecule has 0 aromatic heterocycles. The summed E-state index contributed by atoms with van der Waals surface area (Å²) in [6.07, 6.45) is 1.07. The van der Waals surface area contributed by atoms with Crippen molar-refractivity contribution < 1.29 is 4.79 Å². The molecular weight excluding hydrogens is 250 g/mol. The van der Waals surface area contributed by atoms with Crippen LogP contribution >= 0.6 is 0 Å². The van der Waals surface area contributed by atoms with Crippen molar-refractivity contribution in [2.24, 2.45) is 11.1 Å². The van der Waals surface area contributed by atoms with Gasteiger partial charge in [-0.15, -0.1) is 0 Å². The summed E-state index contributed by atoms with van der Waals surface area (Å²) in [6, 6.07) is 9.00. The molecule has 4 nitrogen and oxygen atoms in total. The van der Waals surface area contributed by atoms with Crippen LogP contribution in [0.2, 0.25) is 0 Å². The van der Waals surface area contributed by atoms with Gasteiger partial charge in [0.15, 0.2) is 0 Å². The first-order valence-electron chi connectivity index (χ1n) is 6.76. The Hall–Kier alpha value is -1.86. The van der Waals surface area contributed by atoms with E-state index in [9.17, 15) is 4.79 Å². The number of nitrogens with zero attached hydrogens (tertiary/aromatic N) is 2. The fraction of sp³-hybridized carbons (Fsp3) is 0.500. The van der Waals surface area contributed by atoms with E-state index < -0.39 is 0 Å². The molecule has 1 amide bonds. The van der Waals surface area contributed by atoms with Gasteiger partial charge in [0, 0.05) is 19.5 Å². The van der Waals surface area contributed by atoms with Gasteiger partial charge >= 0.3 is 0 Å². The van der Waals surface area contributed by atoms with Crippen LogP contribution in [0.25, 0.3) is 0 Å². The number of amides is 1. The molecule has 0 heterocycles. The van der Waals surface area contributed by atoms with E-state index in [0.29, 0.717) is 11.3 Å². The average Bonchev–Trinajstić information content (AvgIpc) is 2.35. The molecule has 0 radical (unpaired) electrons. The highest BCUT2D eigenvalue weighted by Gasteiger charge is 2.21. The van der Waals surface area contributed by atoms with Gasteiger partial charge in [-0.3, -0.25) is 4.79 Å². The zero-order chi connectivity index (χ0) is 15.3. The van der Waals surface area contributed by atoms with E-state index >= 15 is 0 Å². The van der Waals surface area contributed by atoms with E-state index in [2.05, 4.69) is 26.8 Å². The molecule has 2 N–H and O–H groups in total. The first-order chi connectivity index (χ1) is 9.24. The quantitative estimate of drug-likeness (QED) is 0.916. The minimum Gasteiger partial charge on any atom is -0.327 e. The summed E-state index contributed by atoms with van der Waals surface area (Å²) in [7, 11) is 1.68. The van der Waals surface area contributed by atoms with Crippen molar-refractivity contribution in [2.75, 3.05) is 11.9 Å². The summed E-state index contributed by atoms with van der Waals surface area (Å²) in [4.78, 5) is 13.8. The minimum absolute atomic E-state index is 0.0653. The van der Waals surface area contributed by atoms with Crippen LogP contribution in [0.3, 0.4) is 0 Å². The predicted molar refractivity (Wildman–Crippen MR) is 81.2 cm³/mol. The van der Waals surface area contributed by atoms with E-state index in [1.165, 1.54) is 4.90 Å². The fourth-order valence-corrected chi connectivity index (χ4v) is 2.21. The normalized spacial score (nSPS) is 12.6. The van der Waals surface area contributed by atoms with Gasteiger partial charge in [-0.2, -0.15) is 5.26 Å². The third-order valence-electron chi connectivity index (χ3n) is 3.07. The molecule has 1 aromatic rings. The SMILES string of the molecule is CN(C(=O)CC(N)CC(C)(C)C)c1ccccc1C#N. The Labute approximate surface area is 121 Å². The summed E-state index contributed by atoms with van der Waals surface area (Å²) in [5.74, 6) is -0.0653. The summed E-state index contributed by atoms with van der Waals surface area (Å²) in [5, 5.41) is 9.07. The lowest BCUT2D eigenvalue weighted by Gasteiger charge is -2.25. The number of benzene rings is 1. The second-order valence-electron chi connectivity index (χ2n) is 6.31. The summed E-state index contributed by atoms with van der Waals surface area (Å²) in [5.41, 5.74) is 7.26. The number of nitrogens with two attached hydrogens (primary N) is 1. The van der Waals surface area contributed by atoms with Gasteiger partial charge in [0.2, 0.25) is 5.91 Å². The van der Waals surface area contributed by atoms with Gasteiger partial charge in [0.05, 0.1) is 11.3 Å². The van der Waals surface area contributed by atoms with Crippen molar-refractivity contribution in [3.63, 3.8) is 0 Å². The van der Waals surface area contributed by atoms with Crippen molar-refractivity contribution in [3.8, 4) is 6.07 Å². The zero-order valence-electron chi connectivity index (χ0n) is 12.7. The van der Waals surface area contributed by atoms with E-state index in [-0.39, 0.29) is 23.8 Å². The Morgan fingerprint density at radius 1 is 1.40 bits per heavy atom. The molecule has 0 saturated carbocycles. The fourth-order valence-electron chi connectivity index (χ4n) is 2.21. The minimum atomic E-state index is -0.167. The standard InChI is InChI=1S/C16H23N3O/c1-16(2,3)10-13(18)9-15(20)19(4)14-8-6-5-7-12(14)11-17/h5-8,13H,9-10,18H2,1-4H3. The predicted octanol–water partition coefficient (Wildman–Crippen LogP) is 2.67. The average molecular weight is 273 g/mol. The molecule has 4 heteroatoms. The number of hydrogen-bond acceptors (Lipinski definition) is 3. The maximum Gasteiger partial charge on any atom is 0.228 e. The molecule has 0 aliphatic heterocycles. The highest BCUT2D eigenvalue weighted by atomic mass is 16.2. The third kappa shape index (κ3) is 4.67. The van der Waals surface area contributed by atoms with Crippen LogP contribution in [0.15, 0.2) is 24.3 Å². The lowest BCUT2D eigenvalue weighted by Crippen LogP contribution is -2.35. The van der Waals surface area contributed by atoms with E-state index in [4.69, 9.17) is 11.0 Å². The Morgan fingerprint density at radius 2 is 2.00 bits per heavy atom. The Morgan fingerprint density at radius 3 is 2.55 bits per heavy atom. The lowest BCUT2D eigenvalue weighted by molar-refractivity contribution is -0.118. The van der Waals surface area contributed by atoms with E-state index in [0.717, 1.165) is 6.42 Å². The molecule has 0 saturated heterocycles. The van der Waals surface area contributed by atoms with Crippen molar-refractivity contribution in [1.29, 1.82) is 5.26 Å². The van der Waals surface area contributed by atoms with Gasteiger partial charge in [0.1, 0.15) is 6.07 Å². The number of carbonyl (C=O) groups is 1. The molecular formula is C16H23N3O. The maximum atomic E-state index is 12.2. The topological polar surface area (TPSA) is 70.1 Å². The van der Waals surface area contributed by atoms with Crippen molar-refractivity contribution in [3.05, 3.63) is 29.8 Å². The van der Waals surface area contributed by atoms with Crippen molar-refractivity contribution in [1.82, 2.24) is 0 Å². The molecule has 20 heavy (non-hydrogen) atoms. The molecule has 1 aromatic carbocycles. The summed E-state index contributed by atoms with van der Waals surface area (Å²) >= 11 is 0. The first kappa shape index (κ1) is 16.2. The summed E-state index contributed by atoms with van der Waals surface area (Å²) in [6.45, 7) is 6.31. The largest absolute Gasteiger partial charge is 0.327 e. The number of rotatable bonds is 4. The summed E-state index contributed by atoms with van der Waals surface area (Å²) < 4.78 is 0. The number of carbonyl (C=O) groups excluding carboxylic acids is 1. The van der Waals surface area contributed by atoms with Gasteiger partial charge in [-0.1, -0.05) is 32.9 Å². The molecule has 0 aliphatic rings. The number of para-hydroxylation sites is 1. The number of nitriles is 1. The van der Waals surface area contributed by atoms with Crippen LogP contribution in [0, 0.1) is 16.7 Å². The van der Waals surface area contributed by atoms with Gasteiger partial charge in [-0.05, 0) is 24.0 Å². The molecule has 1 atom stereocenters. The van der Waals surface area contributed by atoms with Crippen molar-refractivity contribution >= 4 is 11.6 Å². The van der Waals surface area contributed by atoms with Crippen LogP contribution in [0.5, 0.6) is 0 Å². The van der Waals surface area contributed by atoms with Crippen LogP contribution in [0.4, 0.5) is 5.69 Å². The maximum absolute atomic E-state index is 12.2. The van der Waals surface area contributed by atoms with E-state index in [1.54, 1.807) is 25.2 Å².